The van der Waals surface area contributed by atoms with Crippen LogP contribution in [0.25, 0.3) is 0 Å². The second-order valence-electron chi connectivity index (χ2n) is 3.45. The Morgan fingerprint density at radius 3 is 2.47 bits per heavy atom. The van der Waals surface area contributed by atoms with Crippen LogP contribution in [0.3, 0.4) is 0 Å². The molecular formula is C13H18O2. The van der Waals surface area contributed by atoms with Crippen LogP contribution in [0, 0.1) is 0 Å². The van der Waals surface area contributed by atoms with Crippen molar-refractivity contribution in [2.24, 2.45) is 0 Å². The molecule has 0 radical (unpaired) electrons. The van der Waals surface area contributed by atoms with Crippen LogP contribution in [0.4, 0.5) is 0 Å². The molecule has 0 amide bonds. The first-order valence-corrected chi connectivity index (χ1v) is 5.46. The van der Waals surface area contributed by atoms with E-state index in [1.54, 1.807) is 0 Å². The number of benzene rings is 1. The second kappa shape index (κ2) is 6.36. The highest BCUT2D eigenvalue weighted by Gasteiger charge is 2.14. The van der Waals surface area contributed by atoms with E-state index in [9.17, 15) is 4.79 Å². The van der Waals surface area contributed by atoms with E-state index in [-0.39, 0.29) is 11.9 Å². The predicted molar refractivity (Wildman–Crippen MR) is 60.7 cm³/mol. The number of carbonyl (C=O) groups is 1. The van der Waals surface area contributed by atoms with Crippen LogP contribution >= 0.6 is 0 Å². The van der Waals surface area contributed by atoms with Crippen LogP contribution in [0.1, 0.15) is 38.4 Å². The molecule has 0 aliphatic carbocycles. The van der Waals surface area contributed by atoms with Gasteiger partial charge < -0.3 is 4.74 Å². The number of Topliss-reactive ketones (excluding diaryl/α,β-unsaturated/α-hetero) is 1. The van der Waals surface area contributed by atoms with E-state index < -0.39 is 0 Å². The molecule has 0 fully saturated rings. The van der Waals surface area contributed by atoms with E-state index in [1.807, 2.05) is 44.2 Å². The lowest BCUT2D eigenvalue weighted by molar-refractivity contribution is -0.121. The van der Waals surface area contributed by atoms with E-state index >= 15 is 0 Å². The minimum absolute atomic E-state index is 0.0800. The third kappa shape index (κ3) is 3.84. The van der Waals surface area contributed by atoms with Crippen molar-refractivity contribution < 1.29 is 9.53 Å². The van der Waals surface area contributed by atoms with E-state index in [1.165, 1.54) is 0 Å². The van der Waals surface area contributed by atoms with Gasteiger partial charge in [0.25, 0.3) is 0 Å². The molecule has 1 rings (SSSR count). The molecule has 1 atom stereocenters. The van der Waals surface area contributed by atoms with Crippen LogP contribution in [0.2, 0.25) is 0 Å². The maximum absolute atomic E-state index is 11.4. The Labute approximate surface area is 91.3 Å². The molecule has 0 aromatic heterocycles. The molecular weight excluding hydrogens is 188 g/mol. The lowest BCUT2D eigenvalue weighted by Gasteiger charge is -2.16. The van der Waals surface area contributed by atoms with Gasteiger partial charge in [-0.3, -0.25) is 4.79 Å². The summed E-state index contributed by atoms with van der Waals surface area (Å²) in [6.45, 7) is 4.47. The highest BCUT2D eigenvalue weighted by atomic mass is 16.5. The van der Waals surface area contributed by atoms with Crippen molar-refractivity contribution in [2.45, 2.75) is 32.8 Å². The molecule has 0 N–H and O–H groups in total. The van der Waals surface area contributed by atoms with E-state index in [0.29, 0.717) is 19.4 Å². The van der Waals surface area contributed by atoms with Gasteiger partial charge in [0.1, 0.15) is 5.78 Å². The van der Waals surface area contributed by atoms with Crippen molar-refractivity contribution >= 4 is 5.78 Å². The average molecular weight is 206 g/mol. The zero-order valence-corrected chi connectivity index (χ0v) is 9.40. The first kappa shape index (κ1) is 11.9. The topological polar surface area (TPSA) is 26.3 Å². The van der Waals surface area contributed by atoms with Gasteiger partial charge in [-0.15, -0.1) is 0 Å². The second-order valence-corrected chi connectivity index (χ2v) is 3.45. The quantitative estimate of drug-likeness (QED) is 0.714. The summed E-state index contributed by atoms with van der Waals surface area (Å²) in [5, 5.41) is 0. The monoisotopic (exact) mass is 206 g/mol. The Hall–Kier alpha value is -1.15. The van der Waals surface area contributed by atoms with E-state index in [4.69, 9.17) is 4.74 Å². The Morgan fingerprint density at radius 2 is 1.93 bits per heavy atom. The summed E-state index contributed by atoms with van der Waals surface area (Å²) in [7, 11) is 0. The fourth-order valence-electron chi connectivity index (χ4n) is 1.49. The van der Waals surface area contributed by atoms with Gasteiger partial charge in [0.15, 0.2) is 0 Å². The average Bonchev–Trinajstić information content (AvgIpc) is 2.29. The summed E-state index contributed by atoms with van der Waals surface area (Å²) >= 11 is 0. The normalized spacial score (nSPS) is 12.4. The molecule has 0 bridgehead atoms. The molecule has 1 aromatic carbocycles. The zero-order valence-electron chi connectivity index (χ0n) is 9.40. The number of rotatable bonds is 6. The lowest BCUT2D eigenvalue weighted by Crippen LogP contribution is -2.09. The Kier molecular flexibility index (Phi) is 5.05. The van der Waals surface area contributed by atoms with Crippen molar-refractivity contribution in [3.63, 3.8) is 0 Å². The highest BCUT2D eigenvalue weighted by molar-refractivity contribution is 5.78. The van der Waals surface area contributed by atoms with E-state index in [0.717, 1.165) is 5.56 Å². The number of carbonyl (C=O) groups excluding carboxylic acids is 1. The Morgan fingerprint density at radius 1 is 1.27 bits per heavy atom. The number of ether oxygens (including phenoxy) is 1. The van der Waals surface area contributed by atoms with Gasteiger partial charge in [0.05, 0.1) is 6.10 Å². The van der Waals surface area contributed by atoms with Crippen LogP contribution < -0.4 is 0 Å². The standard InChI is InChI=1S/C13H18O2/c1-3-12(14)10-13(15-4-2)11-8-6-5-7-9-11/h5-9,13H,3-4,10H2,1-2H3. The summed E-state index contributed by atoms with van der Waals surface area (Å²) in [6, 6.07) is 9.91. The van der Waals surface area contributed by atoms with Crippen molar-refractivity contribution in [3.05, 3.63) is 35.9 Å². The molecule has 15 heavy (non-hydrogen) atoms. The first-order chi connectivity index (χ1) is 7.27. The molecule has 0 heterocycles. The Bertz CT molecular complexity index is 293. The maximum Gasteiger partial charge on any atom is 0.135 e. The fraction of sp³-hybridized carbons (Fsp3) is 0.462. The number of ketones is 1. The minimum Gasteiger partial charge on any atom is -0.373 e. The minimum atomic E-state index is -0.0800. The van der Waals surface area contributed by atoms with Gasteiger partial charge >= 0.3 is 0 Å². The summed E-state index contributed by atoms with van der Waals surface area (Å²) in [5.74, 6) is 0.248. The summed E-state index contributed by atoms with van der Waals surface area (Å²) in [4.78, 5) is 11.4. The van der Waals surface area contributed by atoms with Crippen molar-refractivity contribution in [3.8, 4) is 0 Å². The Balaban J connectivity index is 2.70. The molecule has 0 aliphatic rings. The molecule has 1 aromatic rings. The van der Waals surface area contributed by atoms with Gasteiger partial charge in [-0.25, -0.2) is 0 Å². The summed E-state index contributed by atoms with van der Waals surface area (Å²) in [5.41, 5.74) is 1.08. The maximum atomic E-state index is 11.4. The third-order valence-electron chi connectivity index (χ3n) is 2.35. The van der Waals surface area contributed by atoms with Crippen LogP contribution in [0.5, 0.6) is 0 Å². The molecule has 0 saturated carbocycles. The smallest absolute Gasteiger partial charge is 0.135 e. The van der Waals surface area contributed by atoms with Crippen molar-refractivity contribution in [1.29, 1.82) is 0 Å². The molecule has 0 aliphatic heterocycles. The van der Waals surface area contributed by atoms with Crippen LogP contribution in [-0.4, -0.2) is 12.4 Å². The van der Waals surface area contributed by atoms with Crippen molar-refractivity contribution in [2.75, 3.05) is 6.61 Å². The van der Waals surface area contributed by atoms with Crippen LogP contribution in [0.15, 0.2) is 30.3 Å². The van der Waals surface area contributed by atoms with Gasteiger partial charge in [-0.05, 0) is 12.5 Å². The molecule has 0 spiro atoms. The summed E-state index contributed by atoms with van der Waals surface area (Å²) < 4.78 is 5.58. The van der Waals surface area contributed by atoms with Gasteiger partial charge in [-0.2, -0.15) is 0 Å². The fourth-order valence-corrected chi connectivity index (χ4v) is 1.49. The first-order valence-electron chi connectivity index (χ1n) is 5.46. The molecule has 1 unspecified atom stereocenters. The number of hydrogen-bond acceptors (Lipinski definition) is 2. The zero-order chi connectivity index (χ0) is 11.1. The molecule has 0 saturated heterocycles. The highest BCUT2D eigenvalue weighted by Crippen LogP contribution is 2.21. The molecule has 82 valence electrons. The molecule has 2 nitrogen and oxygen atoms in total. The largest absolute Gasteiger partial charge is 0.373 e. The van der Waals surface area contributed by atoms with Gasteiger partial charge in [-0.1, -0.05) is 37.3 Å². The summed E-state index contributed by atoms with van der Waals surface area (Å²) in [6.07, 6.45) is 0.980. The van der Waals surface area contributed by atoms with Gasteiger partial charge in [0, 0.05) is 19.4 Å². The third-order valence-corrected chi connectivity index (χ3v) is 2.35. The van der Waals surface area contributed by atoms with Crippen molar-refractivity contribution in [1.82, 2.24) is 0 Å². The van der Waals surface area contributed by atoms with Gasteiger partial charge in [0.2, 0.25) is 0 Å². The lowest BCUT2D eigenvalue weighted by atomic mass is 10.0. The number of hydrogen-bond donors (Lipinski definition) is 0. The molecule has 2 heteroatoms. The van der Waals surface area contributed by atoms with Crippen LogP contribution in [-0.2, 0) is 9.53 Å². The predicted octanol–water partition coefficient (Wildman–Crippen LogP) is 3.13. The SMILES string of the molecule is CCOC(CC(=O)CC)c1ccccc1. The van der Waals surface area contributed by atoms with E-state index in [2.05, 4.69) is 0 Å².